The van der Waals surface area contributed by atoms with Crippen LogP contribution in [-0.4, -0.2) is 41.3 Å². The van der Waals surface area contributed by atoms with E-state index in [2.05, 4.69) is 10.3 Å². The summed E-state index contributed by atoms with van der Waals surface area (Å²) >= 11 is 0. The number of carbonyl (C=O) groups excluding carboxylic acids is 1. The molecule has 0 radical (unpaired) electrons. The molecule has 2 heterocycles. The molecular formula is C18H21FN4O5S. The third-order valence-electron chi connectivity index (χ3n) is 4.71. The van der Waals surface area contributed by atoms with Crippen LogP contribution in [0.15, 0.2) is 23.0 Å². The first kappa shape index (κ1) is 20.8. The van der Waals surface area contributed by atoms with Crippen LogP contribution in [0.2, 0.25) is 0 Å². The summed E-state index contributed by atoms with van der Waals surface area (Å²) in [5, 5.41) is 12.6. The fraction of sp³-hybridized carbons (Fsp3) is 0.389. The molecule has 3 rings (SSSR count). The van der Waals surface area contributed by atoms with Gasteiger partial charge < -0.3 is 10.4 Å². The van der Waals surface area contributed by atoms with Gasteiger partial charge in [-0.1, -0.05) is 12.1 Å². The number of hydrogen-bond donors (Lipinski definition) is 2. The van der Waals surface area contributed by atoms with Crippen molar-refractivity contribution >= 4 is 21.9 Å². The lowest BCUT2D eigenvalue weighted by Gasteiger charge is -2.28. The zero-order valence-corrected chi connectivity index (χ0v) is 16.8. The van der Waals surface area contributed by atoms with Crippen molar-refractivity contribution in [2.24, 2.45) is 7.05 Å². The van der Waals surface area contributed by atoms with Crippen molar-refractivity contribution in [2.45, 2.75) is 26.3 Å². The highest BCUT2D eigenvalue weighted by atomic mass is 32.2. The topological polar surface area (TPSA) is 122 Å². The number of carbonyl (C=O) groups is 1. The number of nitrogens with one attached hydrogen (secondary N) is 1. The first-order chi connectivity index (χ1) is 13.6. The highest BCUT2D eigenvalue weighted by Crippen LogP contribution is 2.22. The Balaban J connectivity index is 1.92. The van der Waals surface area contributed by atoms with E-state index < -0.39 is 32.9 Å². The first-order valence-corrected chi connectivity index (χ1v) is 10.6. The molecule has 0 atom stereocenters. The number of amides is 1. The lowest BCUT2D eigenvalue weighted by molar-refractivity contribution is 0.0942. The normalized spacial score (nSPS) is 15.9. The first-order valence-electron chi connectivity index (χ1n) is 8.95. The molecule has 1 aliphatic rings. The summed E-state index contributed by atoms with van der Waals surface area (Å²) in [5.41, 5.74) is -0.482. The van der Waals surface area contributed by atoms with Crippen molar-refractivity contribution in [3.05, 3.63) is 51.2 Å². The van der Waals surface area contributed by atoms with Crippen molar-refractivity contribution < 1.29 is 22.7 Å². The SMILES string of the molecule is Cc1cc(CNC(=O)c2nc(N3CCCCS3(=O)=O)n(C)c(=O)c2O)ccc1F. The van der Waals surface area contributed by atoms with Crippen LogP contribution in [-0.2, 0) is 23.6 Å². The van der Waals surface area contributed by atoms with Crippen LogP contribution in [0.5, 0.6) is 5.75 Å². The molecule has 1 aromatic carbocycles. The van der Waals surface area contributed by atoms with E-state index in [0.717, 1.165) is 8.87 Å². The Bertz CT molecular complexity index is 1130. The van der Waals surface area contributed by atoms with Gasteiger partial charge in [0.05, 0.1) is 5.75 Å². The molecule has 2 aromatic rings. The second kappa shape index (κ2) is 7.82. The maximum atomic E-state index is 13.4. The summed E-state index contributed by atoms with van der Waals surface area (Å²) < 4.78 is 40.0. The van der Waals surface area contributed by atoms with Crippen molar-refractivity contribution in [1.82, 2.24) is 14.9 Å². The Labute approximate surface area is 166 Å². The predicted molar refractivity (Wildman–Crippen MR) is 104 cm³/mol. The number of aromatic nitrogens is 2. The van der Waals surface area contributed by atoms with E-state index in [-0.39, 0.29) is 30.6 Å². The van der Waals surface area contributed by atoms with Crippen molar-refractivity contribution in [1.29, 1.82) is 0 Å². The fourth-order valence-electron chi connectivity index (χ4n) is 3.06. The monoisotopic (exact) mass is 424 g/mol. The van der Waals surface area contributed by atoms with Gasteiger partial charge in [-0.3, -0.25) is 14.2 Å². The molecule has 0 bridgehead atoms. The van der Waals surface area contributed by atoms with Crippen LogP contribution < -0.4 is 15.2 Å². The second-order valence-corrected chi connectivity index (χ2v) is 8.85. The molecule has 0 aliphatic carbocycles. The molecule has 0 spiro atoms. The maximum Gasteiger partial charge on any atom is 0.297 e. The number of halogens is 1. The van der Waals surface area contributed by atoms with Crippen molar-refractivity contribution in [2.75, 3.05) is 16.6 Å². The molecule has 11 heteroatoms. The molecule has 1 aromatic heterocycles. The Morgan fingerprint density at radius 3 is 2.72 bits per heavy atom. The van der Waals surface area contributed by atoms with E-state index in [1.165, 1.54) is 19.2 Å². The summed E-state index contributed by atoms with van der Waals surface area (Å²) in [4.78, 5) is 28.9. The van der Waals surface area contributed by atoms with Gasteiger partial charge in [-0.05, 0) is 37.0 Å². The molecule has 0 unspecified atom stereocenters. The standard InChI is InChI=1S/C18H21FN4O5S/c1-11-9-12(5-6-13(11)19)10-20-16(25)14-15(24)17(26)22(2)18(21-14)23-7-3-4-8-29(23,27)28/h5-6,9,24H,3-4,7-8,10H2,1-2H3,(H,20,25). The van der Waals surface area contributed by atoms with Gasteiger partial charge in [0.2, 0.25) is 21.7 Å². The van der Waals surface area contributed by atoms with Crippen LogP contribution in [0.25, 0.3) is 0 Å². The van der Waals surface area contributed by atoms with Gasteiger partial charge in [-0.15, -0.1) is 0 Å². The zero-order valence-electron chi connectivity index (χ0n) is 16.0. The lowest BCUT2D eigenvalue weighted by atomic mass is 10.1. The molecule has 1 fully saturated rings. The third-order valence-corrected chi connectivity index (χ3v) is 6.53. The summed E-state index contributed by atoms with van der Waals surface area (Å²) in [5.74, 6) is -2.42. The quantitative estimate of drug-likeness (QED) is 0.749. The number of rotatable bonds is 4. The highest BCUT2D eigenvalue weighted by Gasteiger charge is 2.31. The van der Waals surface area contributed by atoms with Crippen LogP contribution in [0.4, 0.5) is 10.3 Å². The highest BCUT2D eigenvalue weighted by molar-refractivity contribution is 7.92. The molecule has 9 nitrogen and oxygen atoms in total. The van der Waals surface area contributed by atoms with Gasteiger partial charge in [0, 0.05) is 20.1 Å². The van der Waals surface area contributed by atoms with E-state index in [1.807, 2.05) is 0 Å². The third kappa shape index (κ3) is 4.09. The number of benzene rings is 1. The van der Waals surface area contributed by atoms with Gasteiger partial charge in [0.25, 0.3) is 11.5 Å². The summed E-state index contributed by atoms with van der Waals surface area (Å²) in [7, 11) is -2.40. The number of sulfonamides is 1. The summed E-state index contributed by atoms with van der Waals surface area (Å²) in [6.07, 6.45) is 1.08. The molecule has 1 amide bonds. The van der Waals surface area contributed by atoms with E-state index in [1.54, 1.807) is 13.0 Å². The van der Waals surface area contributed by atoms with Crippen LogP contribution in [0.3, 0.4) is 0 Å². The Morgan fingerprint density at radius 1 is 1.34 bits per heavy atom. The molecule has 2 N–H and O–H groups in total. The summed E-state index contributed by atoms with van der Waals surface area (Å²) in [6, 6.07) is 4.31. The minimum absolute atomic E-state index is 0.00757. The number of nitrogens with zero attached hydrogens (tertiary/aromatic N) is 3. The Kier molecular flexibility index (Phi) is 5.60. The van der Waals surface area contributed by atoms with Crippen LogP contribution >= 0.6 is 0 Å². The number of hydrogen-bond acceptors (Lipinski definition) is 6. The van der Waals surface area contributed by atoms with Gasteiger partial charge in [0.15, 0.2) is 5.69 Å². The van der Waals surface area contributed by atoms with E-state index in [0.29, 0.717) is 24.0 Å². The van der Waals surface area contributed by atoms with Gasteiger partial charge in [0.1, 0.15) is 5.82 Å². The maximum absolute atomic E-state index is 13.4. The molecular weight excluding hydrogens is 403 g/mol. The smallest absolute Gasteiger partial charge is 0.297 e. The van der Waals surface area contributed by atoms with Gasteiger partial charge >= 0.3 is 0 Å². The second-order valence-electron chi connectivity index (χ2n) is 6.83. The fourth-order valence-corrected chi connectivity index (χ4v) is 4.67. The average Bonchev–Trinajstić information content (AvgIpc) is 2.67. The number of aryl methyl sites for hydroxylation is 1. The van der Waals surface area contributed by atoms with Crippen molar-refractivity contribution in [3.63, 3.8) is 0 Å². The Hall–Kier alpha value is -2.95. The van der Waals surface area contributed by atoms with Crippen molar-refractivity contribution in [3.8, 4) is 5.75 Å². The lowest BCUT2D eigenvalue weighted by Crippen LogP contribution is -2.42. The Morgan fingerprint density at radius 2 is 2.07 bits per heavy atom. The predicted octanol–water partition coefficient (Wildman–Crippen LogP) is 0.793. The zero-order chi connectivity index (χ0) is 21.3. The van der Waals surface area contributed by atoms with E-state index in [9.17, 15) is 27.5 Å². The minimum Gasteiger partial charge on any atom is -0.501 e. The molecule has 156 valence electrons. The average molecular weight is 424 g/mol. The molecule has 29 heavy (non-hydrogen) atoms. The van der Waals surface area contributed by atoms with E-state index in [4.69, 9.17) is 0 Å². The number of aromatic hydroxyl groups is 1. The van der Waals surface area contributed by atoms with Crippen LogP contribution in [0.1, 0.15) is 34.5 Å². The van der Waals surface area contributed by atoms with Gasteiger partial charge in [-0.25, -0.2) is 22.1 Å². The number of anilines is 1. The molecule has 1 saturated heterocycles. The van der Waals surface area contributed by atoms with Gasteiger partial charge in [-0.2, -0.15) is 0 Å². The van der Waals surface area contributed by atoms with E-state index >= 15 is 0 Å². The summed E-state index contributed by atoms with van der Waals surface area (Å²) in [6.45, 7) is 1.72. The minimum atomic E-state index is -3.67. The molecule has 0 saturated carbocycles. The molecule has 1 aliphatic heterocycles. The van der Waals surface area contributed by atoms with Crippen LogP contribution in [0, 0.1) is 12.7 Å². The largest absolute Gasteiger partial charge is 0.501 e.